The van der Waals surface area contributed by atoms with Crippen LogP contribution in [0.1, 0.15) is 27.2 Å². The molecular formula is C25H19Cl4N3O2. The summed E-state index contributed by atoms with van der Waals surface area (Å²) in [6, 6.07) is 19.4. The monoisotopic (exact) mass is 533 g/mol. The first kappa shape index (κ1) is 24.4. The number of carbonyl (C=O) groups excluding carboxylic acids is 1. The van der Waals surface area contributed by atoms with Gasteiger partial charge in [-0.15, -0.1) is 0 Å². The van der Waals surface area contributed by atoms with Gasteiger partial charge in [0.05, 0.1) is 21.6 Å². The van der Waals surface area contributed by atoms with E-state index in [-0.39, 0.29) is 5.91 Å². The van der Waals surface area contributed by atoms with E-state index < -0.39 is 0 Å². The number of anilines is 1. The average Bonchev–Trinajstić information content (AvgIpc) is 3.14. The van der Waals surface area contributed by atoms with E-state index in [9.17, 15) is 4.79 Å². The molecule has 0 unspecified atom stereocenters. The first-order valence-electron chi connectivity index (χ1n) is 10.2. The molecule has 0 atom stereocenters. The molecule has 4 aromatic rings. The first-order chi connectivity index (χ1) is 16.3. The van der Waals surface area contributed by atoms with E-state index in [1.54, 1.807) is 47.1 Å². The van der Waals surface area contributed by atoms with Crippen LogP contribution in [0.15, 0.2) is 66.7 Å². The molecule has 0 aliphatic heterocycles. The molecule has 1 aromatic heterocycles. The van der Waals surface area contributed by atoms with Crippen LogP contribution in [0.5, 0.6) is 5.75 Å². The first-order valence-corrected chi connectivity index (χ1v) is 11.8. The number of halogens is 4. The number of carbonyl (C=O) groups is 1. The summed E-state index contributed by atoms with van der Waals surface area (Å²) >= 11 is 24.1. The average molecular weight is 535 g/mol. The Morgan fingerprint density at radius 2 is 1.62 bits per heavy atom. The molecule has 0 bridgehead atoms. The summed E-state index contributed by atoms with van der Waals surface area (Å²) in [6.45, 7) is 2.73. The minimum Gasteiger partial charge on any atom is -0.487 e. The number of benzene rings is 3. The number of aryl methyl sites for hydroxylation is 1. The SMILES string of the molecule is Cc1cc(NC(=O)c2ccc(COc3ccc(Cl)cc3Cl)cc2)nn1Cc1ccc(Cl)c(Cl)c1. The minimum atomic E-state index is -0.257. The van der Waals surface area contributed by atoms with Crippen molar-refractivity contribution in [3.8, 4) is 5.75 Å². The largest absolute Gasteiger partial charge is 0.487 e. The zero-order valence-corrected chi connectivity index (χ0v) is 21.0. The van der Waals surface area contributed by atoms with Crippen molar-refractivity contribution in [2.45, 2.75) is 20.1 Å². The molecule has 4 rings (SSSR count). The Morgan fingerprint density at radius 1 is 0.882 bits per heavy atom. The number of nitrogens with zero attached hydrogens (tertiary/aromatic N) is 2. The van der Waals surface area contributed by atoms with Gasteiger partial charge in [-0.05, 0) is 60.5 Å². The summed E-state index contributed by atoms with van der Waals surface area (Å²) in [5.41, 5.74) is 3.25. The van der Waals surface area contributed by atoms with Crippen molar-refractivity contribution in [1.29, 1.82) is 0 Å². The fourth-order valence-corrected chi connectivity index (χ4v) is 4.02. The van der Waals surface area contributed by atoms with Crippen molar-refractivity contribution in [3.63, 3.8) is 0 Å². The number of nitrogens with one attached hydrogen (secondary N) is 1. The highest BCUT2D eigenvalue weighted by Gasteiger charge is 2.11. The molecule has 1 heterocycles. The molecule has 0 radical (unpaired) electrons. The third-order valence-electron chi connectivity index (χ3n) is 5.04. The maximum absolute atomic E-state index is 12.7. The van der Waals surface area contributed by atoms with Gasteiger partial charge in [-0.3, -0.25) is 9.48 Å². The second-order valence-corrected chi connectivity index (χ2v) is 9.25. The predicted octanol–water partition coefficient (Wildman–Crippen LogP) is 7.68. The Morgan fingerprint density at radius 3 is 2.32 bits per heavy atom. The van der Waals surface area contributed by atoms with Gasteiger partial charge in [0.1, 0.15) is 12.4 Å². The summed E-state index contributed by atoms with van der Waals surface area (Å²) in [6.07, 6.45) is 0. The van der Waals surface area contributed by atoms with Crippen LogP contribution in [0.3, 0.4) is 0 Å². The van der Waals surface area contributed by atoms with E-state index >= 15 is 0 Å². The van der Waals surface area contributed by atoms with E-state index in [1.165, 1.54) is 0 Å². The Labute approximate surface area is 217 Å². The fourth-order valence-electron chi connectivity index (χ4n) is 3.24. The molecule has 174 valence electrons. The molecule has 5 nitrogen and oxygen atoms in total. The number of hydrogen-bond acceptors (Lipinski definition) is 3. The molecule has 34 heavy (non-hydrogen) atoms. The normalized spacial score (nSPS) is 10.9. The Hall–Kier alpha value is -2.70. The van der Waals surface area contributed by atoms with Crippen LogP contribution in [0.25, 0.3) is 0 Å². The molecule has 9 heteroatoms. The van der Waals surface area contributed by atoms with E-state index in [4.69, 9.17) is 51.1 Å². The zero-order chi connectivity index (χ0) is 24.2. The molecule has 0 saturated carbocycles. The van der Waals surface area contributed by atoms with Gasteiger partial charge < -0.3 is 10.1 Å². The lowest BCUT2D eigenvalue weighted by Crippen LogP contribution is -2.13. The van der Waals surface area contributed by atoms with Gasteiger partial charge in [0, 0.05) is 22.3 Å². The molecule has 0 aliphatic rings. The number of amides is 1. The lowest BCUT2D eigenvalue weighted by atomic mass is 10.1. The molecule has 0 spiro atoms. The van der Waals surface area contributed by atoms with Crippen LogP contribution >= 0.6 is 46.4 Å². The van der Waals surface area contributed by atoms with Gasteiger partial charge in [0.25, 0.3) is 5.91 Å². The highest BCUT2D eigenvalue weighted by Crippen LogP contribution is 2.28. The molecule has 0 aliphatic carbocycles. The third kappa shape index (κ3) is 6.05. The number of ether oxygens (including phenoxy) is 1. The van der Waals surface area contributed by atoms with Crippen molar-refractivity contribution in [2.75, 3.05) is 5.32 Å². The number of rotatable bonds is 7. The smallest absolute Gasteiger partial charge is 0.256 e. The predicted molar refractivity (Wildman–Crippen MR) is 138 cm³/mol. The number of hydrogen-bond donors (Lipinski definition) is 1. The van der Waals surface area contributed by atoms with Crippen molar-refractivity contribution in [1.82, 2.24) is 9.78 Å². The Kier molecular flexibility index (Phi) is 7.69. The summed E-state index contributed by atoms with van der Waals surface area (Å²) in [7, 11) is 0. The Bertz CT molecular complexity index is 1340. The summed E-state index contributed by atoms with van der Waals surface area (Å²) in [5, 5.41) is 9.30. The second-order valence-electron chi connectivity index (χ2n) is 7.59. The highest BCUT2D eigenvalue weighted by atomic mass is 35.5. The van der Waals surface area contributed by atoms with Crippen LogP contribution in [0, 0.1) is 6.92 Å². The fraction of sp³-hybridized carbons (Fsp3) is 0.120. The van der Waals surface area contributed by atoms with Crippen LogP contribution in [-0.2, 0) is 13.2 Å². The van der Waals surface area contributed by atoms with Gasteiger partial charge in [-0.2, -0.15) is 5.10 Å². The second kappa shape index (κ2) is 10.7. The third-order valence-corrected chi connectivity index (χ3v) is 6.31. The van der Waals surface area contributed by atoms with Crippen molar-refractivity contribution in [3.05, 3.63) is 109 Å². The van der Waals surface area contributed by atoms with Gasteiger partial charge in [-0.25, -0.2) is 0 Å². The lowest BCUT2D eigenvalue weighted by molar-refractivity contribution is 0.102. The molecule has 1 N–H and O–H groups in total. The Balaban J connectivity index is 1.37. The van der Waals surface area contributed by atoms with Crippen LogP contribution in [-0.4, -0.2) is 15.7 Å². The van der Waals surface area contributed by atoms with Crippen LogP contribution in [0.2, 0.25) is 20.1 Å². The standard InChI is InChI=1S/C25H19Cl4N3O2/c1-15-10-24(31-32(15)13-17-4-8-20(27)21(28)11-17)30-25(33)18-5-2-16(3-6-18)14-34-23-9-7-19(26)12-22(23)29/h2-12H,13-14H2,1H3,(H,30,31,33). The summed E-state index contributed by atoms with van der Waals surface area (Å²) in [5.74, 6) is 0.750. The highest BCUT2D eigenvalue weighted by molar-refractivity contribution is 6.42. The molecule has 3 aromatic carbocycles. The maximum atomic E-state index is 12.7. The molecule has 1 amide bonds. The summed E-state index contributed by atoms with van der Waals surface area (Å²) < 4.78 is 7.52. The quantitative estimate of drug-likeness (QED) is 0.264. The van der Waals surface area contributed by atoms with Crippen molar-refractivity contribution >= 4 is 58.1 Å². The molecule has 0 fully saturated rings. The van der Waals surface area contributed by atoms with Crippen LogP contribution < -0.4 is 10.1 Å². The van der Waals surface area contributed by atoms with Crippen molar-refractivity contribution < 1.29 is 9.53 Å². The van der Waals surface area contributed by atoms with E-state index in [0.29, 0.717) is 50.4 Å². The number of aromatic nitrogens is 2. The lowest BCUT2D eigenvalue weighted by Gasteiger charge is -2.09. The maximum Gasteiger partial charge on any atom is 0.256 e. The molecular weight excluding hydrogens is 516 g/mol. The van der Waals surface area contributed by atoms with Gasteiger partial charge >= 0.3 is 0 Å². The van der Waals surface area contributed by atoms with Gasteiger partial charge in [0.15, 0.2) is 5.82 Å². The van der Waals surface area contributed by atoms with E-state index in [1.807, 2.05) is 31.2 Å². The zero-order valence-electron chi connectivity index (χ0n) is 18.0. The van der Waals surface area contributed by atoms with Gasteiger partial charge in [0.2, 0.25) is 0 Å². The molecule has 0 saturated heterocycles. The van der Waals surface area contributed by atoms with Crippen LogP contribution in [0.4, 0.5) is 5.82 Å². The topological polar surface area (TPSA) is 56.1 Å². The van der Waals surface area contributed by atoms with Crippen molar-refractivity contribution in [2.24, 2.45) is 0 Å². The van der Waals surface area contributed by atoms with E-state index in [2.05, 4.69) is 10.4 Å². The summed E-state index contributed by atoms with van der Waals surface area (Å²) in [4.78, 5) is 12.7. The minimum absolute atomic E-state index is 0.257. The van der Waals surface area contributed by atoms with Gasteiger partial charge in [-0.1, -0.05) is 64.6 Å². The van der Waals surface area contributed by atoms with E-state index in [0.717, 1.165) is 16.8 Å².